The minimum absolute atomic E-state index is 0.0368. The molecule has 0 radical (unpaired) electrons. The lowest BCUT2D eigenvalue weighted by Crippen LogP contribution is -2.34. The van der Waals surface area contributed by atoms with Crippen molar-refractivity contribution in [3.63, 3.8) is 0 Å². The Morgan fingerprint density at radius 3 is 2.64 bits per heavy atom. The number of nitrogens with zero attached hydrogens (tertiary/aromatic N) is 1. The third kappa shape index (κ3) is 5.67. The second kappa shape index (κ2) is 10.3. The maximum Gasteiger partial charge on any atom is 0.264 e. The van der Waals surface area contributed by atoms with Gasteiger partial charge in [0.05, 0.1) is 10.6 Å². The molecule has 1 heterocycles. The van der Waals surface area contributed by atoms with E-state index in [-0.39, 0.29) is 17.9 Å². The molecule has 1 atom stereocenters. The number of amides is 2. The van der Waals surface area contributed by atoms with Gasteiger partial charge in [-0.1, -0.05) is 65.8 Å². The Morgan fingerprint density at radius 1 is 1.09 bits per heavy atom. The maximum absolute atomic E-state index is 13.0. The van der Waals surface area contributed by atoms with E-state index in [0.717, 1.165) is 29.0 Å². The molecule has 0 spiro atoms. The Kier molecular flexibility index (Phi) is 7.21. The largest absolute Gasteiger partial charge is 0.350 e. The molecule has 0 fully saturated rings. The van der Waals surface area contributed by atoms with Gasteiger partial charge in [0.15, 0.2) is 0 Å². The first kappa shape index (κ1) is 23.1. The number of fused-ring (bicyclic) bond motifs is 1. The molecule has 6 heteroatoms. The van der Waals surface area contributed by atoms with Crippen LogP contribution in [0.25, 0.3) is 6.08 Å². The zero-order chi connectivity index (χ0) is 23.4. The van der Waals surface area contributed by atoms with E-state index in [9.17, 15) is 9.59 Å². The van der Waals surface area contributed by atoms with Crippen molar-refractivity contribution in [3.8, 4) is 0 Å². The highest BCUT2D eigenvalue weighted by molar-refractivity contribution is 8.04. The van der Waals surface area contributed by atoms with Crippen LogP contribution >= 0.6 is 23.4 Å². The first-order valence-electron chi connectivity index (χ1n) is 10.8. The number of carbonyl (C=O) groups is 2. The normalized spacial score (nSPS) is 15.3. The summed E-state index contributed by atoms with van der Waals surface area (Å²) in [6.45, 7) is 2.01. The van der Waals surface area contributed by atoms with E-state index in [2.05, 4.69) is 17.4 Å². The fourth-order valence-corrected chi connectivity index (χ4v) is 4.98. The van der Waals surface area contributed by atoms with E-state index in [0.29, 0.717) is 15.5 Å². The van der Waals surface area contributed by atoms with Crippen LogP contribution in [0.15, 0.2) is 82.6 Å². The first-order chi connectivity index (χ1) is 15.9. The molecule has 33 heavy (non-hydrogen) atoms. The smallest absolute Gasteiger partial charge is 0.264 e. The van der Waals surface area contributed by atoms with Crippen molar-refractivity contribution in [2.45, 2.75) is 30.7 Å². The number of thioether (sulfide) groups is 1. The third-order valence-corrected chi connectivity index (χ3v) is 6.86. The molecule has 0 unspecified atom stereocenters. The maximum atomic E-state index is 13.0. The summed E-state index contributed by atoms with van der Waals surface area (Å²) in [4.78, 5) is 28.9. The number of nitrogens with one attached hydrogen (secondary N) is 1. The standard InChI is InChI=1S/C27H25ClN2O2S/c1-18(11-12-19-7-4-3-5-8-19)29-26(31)21-13-14-24-23(17-21)30(2)27(32)25(33-24)16-20-9-6-10-22(28)15-20/h3-10,13-18H,11-12H2,1-2H3,(H,29,31)/b25-16-/t18-/m1/s1. The molecule has 4 rings (SSSR count). The molecule has 3 aromatic rings. The fraction of sp³-hybridized carbons (Fsp3) is 0.185. The number of hydrogen-bond acceptors (Lipinski definition) is 3. The predicted octanol–water partition coefficient (Wildman–Crippen LogP) is 6.20. The van der Waals surface area contributed by atoms with Crippen LogP contribution in [0.1, 0.15) is 34.8 Å². The second-order valence-electron chi connectivity index (χ2n) is 8.11. The number of carbonyl (C=O) groups excluding carboxylic acids is 2. The first-order valence-corrected chi connectivity index (χ1v) is 12.0. The number of halogens is 1. The highest BCUT2D eigenvalue weighted by Crippen LogP contribution is 2.42. The molecule has 2 amide bonds. The Hall–Kier alpha value is -3.02. The zero-order valence-corrected chi connectivity index (χ0v) is 20.1. The lowest BCUT2D eigenvalue weighted by atomic mass is 10.1. The van der Waals surface area contributed by atoms with Crippen LogP contribution in [0.3, 0.4) is 0 Å². The van der Waals surface area contributed by atoms with Crippen LogP contribution in [-0.2, 0) is 11.2 Å². The van der Waals surface area contributed by atoms with Crippen LogP contribution in [0, 0.1) is 0 Å². The summed E-state index contributed by atoms with van der Waals surface area (Å²) in [6, 6.07) is 23.2. The zero-order valence-electron chi connectivity index (χ0n) is 18.5. The van der Waals surface area contributed by atoms with E-state index >= 15 is 0 Å². The average molecular weight is 477 g/mol. The molecule has 3 aromatic carbocycles. The van der Waals surface area contributed by atoms with Crippen molar-refractivity contribution >= 4 is 46.9 Å². The van der Waals surface area contributed by atoms with Crippen LogP contribution in [0.5, 0.6) is 0 Å². The van der Waals surface area contributed by atoms with Gasteiger partial charge in [-0.05, 0) is 67.3 Å². The van der Waals surface area contributed by atoms with Gasteiger partial charge in [-0.2, -0.15) is 0 Å². The van der Waals surface area contributed by atoms with Gasteiger partial charge in [0.25, 0.3) is 11.8 Å². The second-order valence-corrected chi connectivity index (χ2v) is 9.63. The Morgan fingerprint density at radius 2 is 1.88 bits per heavy atom. The van der Waals surface area contributed by atoms with E-state index in [1.807, 2.05) is 61.5 Å². The van der Waals surface area contributed by atoms with Crippen molar-refractivity contribution in [2.75, 3.05) is 11.9 Å². The predicted molar refractivity (Wildman–Crippen MR) is 137 cm³/mol. The lowest BCUT2D eigenvalue weighted by molar-refractivity contribution is -0.114. The number of aryl methyl sites for hydroxylation is 1. The number of benzene rings is 3. The summed E-state index contributed by atoms with van der Waals surface area (Å²) in [5.74, 6) is -0.245. The van der Waals surface area contributed by atoms with Gasteiger partial charge in [0, 0.05) is 28.6 Å². The number of anilines is 1. The summed E-state index contributed by atoms with van der Waals surface area (Å²) in [5.41, 5.74) is 3.41. The minimum atomic E-state index is -0.135. The number of rotatable bonds is 6. The van der Waals surface area contributed by atoms with Gasteiger partial charge in [0.1, 0.15) is 0 Å². The molecule has 1 aliphatic heterocycles. The van der Waals surface area contributed by atoms with Crippen LogP contribution in [0.2, 0.25) is 5.02 Å². The number of likely N-dealkylation sites (N-methyl/N-ethyl adjacent to an activating group) is 1. The molecular weight excluding hydrogens is 452 g/mol. The minimum Gasteiger partial charge on any atom is -0.350 e. The van der Waals surface area contributed by atoms with E-state index in [1.54, 1.807) is 24.1 Å². The Balaban J connectivity index is 1.46. The summed E-state index contributed by atoms with van der Waals surface area (Å²) in [7, 11) is 1.73. The molecule has 0 aromatic heterocycles. The molecule has 0 aliphatic carbocycles. The molecule has 1 N–H and O–H groups in total. The van der Waals surface area contributed by atoms with Gasteiger partial charge < -0.3 is 10.2 Å². The van der Waals surface area contributed by atoms with Crippen LogP contribution in [0.4, 0.5) is 5.69 Å². The molecule has 1 aliphatic rings. The Labute approximate surface area is 203 Å². The monoisotopic (exact) mass is 476 g/mol. The highest BCUT2D eigenvalue weighted by Gasteiger charge is 2.27. The average Bonchev–Trinajstić information content (AvgIpc) is 2.81. The third-order valence-electron chi connectivity index (χ3n) is 5.55. The quantitative estimate of drug-likeness (QED) is 0.431. The lowest BCUT2D eigenvalue weighted by Gasteiger charge is -2.27. The highest BCUT2D eigenvalue weighted by atomic mass is 35.5. The van der Waals surface area contributed by atoms with Crippen LogP contribution in [-0.4, -0.2) is 24.9 Å². The molecular formula is C27H25ClN2O2S. The van der Waals surface area contributed by atoms with Crippen molar-refractivity contribution < 1.29 is 9.59 Å². The summed E-state index contributed by atoms with van der Waals surface area (Å²) < 4.78 is 0. The molecule has 0 bridgehead atoms. The van der Waals surface area contributed by atoms with Gasteiger partial charge in [-0.25, -0.2) is 0 Å². The van der Waals surface area contributed by atoms with Crippen molar-refractivity contribution in [1.29, 1.82) is 0 Å². The summed E-state index contributed by atoms with van der Waals surface area (Å²) >= 11 is 7.48. The van der Waals surface area contributed by atoms with Gasteiger partial charge in [-0.15, -0.1) is 0 Å². The molecule has 0 saturated carbocycles. The molecule has 4 nitrogen and oxygen atoms in total. The van der Waals surface area contributed by atoms with E-state index < -0.39 is 0 Å². The van der Waals surface area contributed by atoms with Gasteiger partial charge >= 0.3 is 0 Å². The Bertz CT molecular complexity index is 1210. The number of hydrogen-bond donors (Lipinski definition) is 1. The van der Waals surface area contributed by atoms with Gasteiger partial charge in [-0.3, -0.25) is 9.59 Å². The molecule has 0 saturated heterocycles. The van der Waals surface area contributed by atoms with Crippen molar-refractivity contribution in [1.82, 2.24) is 5.32 Å². The van der Waals surface area contributed by atoms with Crippen molar-refractivity contribution in [3.05, 3.63) is 99.4 Å². The van der Waals surface area contributed by atoms with Crippen LogP contribution < -0.4 is 10.2 Å². The van der Waals surface area contributed by atoms with Gasteiger partial charge in [0.2, 0.25) is 0 Å². The van der Waals surface area contributed by atoms with Crippen molar-refractivity contribution in [2.24, 2.45) is 0 Å². The van der Waals surface area contributed by atoms with E-state index in [4.69, 9.17) is 11.6 Å². The van der Waals surface area contributed by atoms with E-state index in [1.165, 1.54) is 17.3 Å². The SMILES string of the molecule is C[C@H](CCc1ccccc1)NC(=O)c1ccc2c(c1)N(C)C(=O)/C(=C/c1cccc(Cl)c1)S2. The fourth-order valence-electron chi connectivity index (χ4n) is 3.69. The summed E-state index contributed by atoms with van der Waals surface area (Å²) in [5, 5.41) is 3.70. The molecule has 168 valence electrons. The topological polar surface area (TPSA) is 49.4 Å². The summed E-state index contributed by atoms with van der Waals surface area (Å²) in [6.07, 6.45) is 3.60.